The summed E-state index contributed by atoms with van der Waals surface area (Å²) >= 11 is 0. The predicted octanol–water partition coefficient (Wildman–Crippen LogP) is 1.43. The van der Waals surface area contributed by atoms with Crippen molar-refractivity contribution in [1.82, 2.24) is 14.8 Å². The second-order valence-corrected chi connectivity index (χ2v) is 3.46. The number of rotatable bonds is 3. The van der Waals surface area contributed by atoms with E-state index in [1.54, 1.807) is 23.7 Å². The van der Waals surface area contributed by atoms with E-state index >= 15 is 0 Å². The zero-order chi connectivity index (χ0) is 12.4. The van der Waals surface area contributed by atoms with Crippen molar-refractivity contribution in [3.8, 4) is 11.4 Å². The minimum atomic E-state index is -0.431. The Kier molecular flexibility index (Phi) is 2.73. The van der Waals surface area contributed by atoms with Gasteiger partial charge in [-0.15, -0.1) is 10.2 Å². The highest BCUT2D eigenvalue weighted by atomic mass is 16.6. The van der Waals surface area contributed by atoms with Crippen molar-refractivity contribution >= 4 is 11.6 Å². The molecule has 1 N–H and O–H groups in total. The van der Waals surface area contributed by atoms with Gasteiger partial charge in [-0.1, -0.05) is 0 Å². The molecule has 0 amide bonds. The molecule has 2 aromatic rings. The first-order valence-electron chi connectivity index (χ1n) is 4.95. The van der Waals surface area contributed by atoms with E-state index in [1.165, 1.54) is 12.1 Å². The van der Waals surface area contributed by atoms with Gasteiger partial charge in [-0.3, -0.25) is 14.7 Å². The van der Waals surface area contributed by atoms with E-state index in [4.69, 9.17) is 0 Å². The summed E-state index contributed by atoms with van der Waals surface area (Å²) in [7, 11) is 3.58. The van der Waals surface area contributed by atoms with Crippen LogP contribution in [0.4, 0.5) is 11.6 Å². The lowest BCUT2D eigenvalue weighted by Gasteiger charge is -2.02. The quantitative estimate of drug-likeness (QED) is 0.640. The third kappa shape index (κ3) is 1.94. The first-order valence-corrected chi connectivity index (χ1v) is 4.95. The number of nitro groups is 1. The zero-order valence-corrected chi connectivity index (χ0v) is 9.41. The summed E-state index contributed by atoms with van der Waals surface area (Å²) in [6.45, 7) is 0. The third-order valence-corrected chi connectivity index (χ3v) is 2.43. The largest absolute Gasteiger partial charge is 0.357 e. The monoisotopic (exact) mass is 233 g/mol. The molecule has 0 aliphatic carbocycles. The summed E-state index contributed by atoms with van der Waals surface area (Å²) in [5.74, 6) is 1.29. The Bertz CT molecular complexity index is 546. The molecule has 1 aromatic heterocycles. The van der Waals surface area contributed by atoms with Crippen LogP contribution in [0.25, 0.3) is 11.4 Å². The van der Waals surface area contributed by atoms with Gasteiger partial charge in [-0.05, 0) is 12.1 Å². The molecule has 88 valence electrons. The molecule has 17 heavy (non-hydrogen) atoms. The number of benzene rings is 1. The highest BCUT2D eigenvalue weighted by molar-refractivity contribution is 5.59. The van der Waals surface area contributed by atoms with Gasteiger partial charge in [-0.2, -0.15) is 0 Å². The number of nitrogens with one attached hydrogen (secondary N) is 1. The number of non-ortho nitro benzene ring substituents is 1. The summed E-state index contributed by atoms with van der Waals surface area (Å²) in [6.07, 6.45) is 0. The number of aromatic nitrogens is 3. The van der Waals surface area contributed by atoms with Crippen LogP contribution in [0, 0.1) is 10.1 Å². The standard InChI is InChI=1S/C10H11N5O2/c1-11-10-13-12-9(14(10)2)7-3-5-8(6-4-7)15(16)17/h3-6H,1-2H3,(H,11,13). The third-order valence-electron chi connectivity index (χ3n) is 2.43. The summed E-state index contributed by atoms with van der Waals surface area (Å²) < 4.78 is 1.78. The van der Waals surface area contributed by atoms with Gasteiger partial charge in [-0.25, -0.2) is 0 Å². The molecular weight excluding hydrogens is 222 g/mol. The molecule has 0 aliphatic heterocycles. The molecule has 1 heterocycles. The molecule has 0 bridgehead atoms. The van der Waals surface area contributed by atoms with E-state index in [2.05, 4.69) is 15.5 Å². The summed E-state index contributed by atoms with van der Waals surface area (Å²) in [6, 6.07) is 6.20. The van der Waals surface area contributed by atoms with Crippen molar-refractivity contribution in [1.29, 1.82) is 0 Å². The van der Waals surface area contributed by atoms with E-state index in [0.29, 0.717) is 11.8 Å². The maximum absolute atomic E-state index is 10.5. The molecule has 7 heteroatoms. The predicted molar refractivity (Wildman–Crippen MR) is 62.6 cm³/mol. The molecule has 1 aromatic carbocycles. The van der Waals surface area contributed by atoms with Crippen LogP contribution in [-0.2, 0) is 7.05 Å². The van der Waals surface area contributed by atoms with Gasteiger partial charge in [0, 0.05) is 31.8 Å². The number of hydrogen-bond donors (Lipinski definition) is 1. The topological polar surface area (TPSA) is 85.9 Å². The summed E-state index contributed by atoms with van der Waals surface area (Å²) in [5.41, 5.74) is 0.844. The van der Waals surface area contributed by atoms with Crippen molar-refractivity contribution < 1.29 is 4.92 Å². The smallest absolute Gasteiger partial charge is 0.269 e. The molecule has 2 rings (SSSR count). The highest BCUT2D eigenvalue weighted by Crippen LogP contribution is 2.21. The summed E-state index contributed by atoms with van der Waals surface area (Å²) in [5, 5.41) is 21.4. The van der Waals surface area contributed by atoms with E-state index in [1.807, 2.05) is 7.05 Å². The Morgan fingerprint density at radius 3 is 2.41 bits per heavy atom. The van der Waals surface area contributed by atoms with E-state index in [0.717, 1.165) is 5.56 Å². The van der Waals surface area contributed by atoms with Crippen LogP contribution in [0.3, 0.4) is 0 Å². The maximum atomic E-state index is 10.5. The van der Waals surface area contributed by atoms with Gasteiger partial charge in [0.15, 0.2) is 5.82 Å². The second-order valence-electron chi connectivity index (χ2n) is 3.46. The lowest BCUT2D eigenvalue weighted by atomic mass is 10.2. The maximum Gasteiger partial charge on any atom is 0.269 e. The van der Waals surface area contributed by atoms with Crippen molar-refractivity contribution in [3.05, 3.63) is 34.4 Å². The van der Waals surface area contributed by atoms with Gasteiger partial charge in [0.25, 0.3) is 5.69 Å². The average molecular weight is 233 g/mol. The number of anilines is 1. The fourth-order valence-electron chi connectivity index (χ4n) is 1.53. The van der Waals surface area contributed by atoms with Crippen LogP contribution in [0.1, 0.15) is 0 Å². The Morgan fingerprint density at radius 1 is 1.29 bits per heavy atom. The normalized spacial score (nSPS) is 10.2. The Hall–Kier alpha value is -2.44. The Balaban J connectivity index is 2.39. The van der Waals surface area contributed by atoms with Crippen molar-refractivity contribution in [2.24, 2.45) is 7.05 Å². The van der Waals surface area contributed by atoms with Crippen molar-refractivity contribution in [2.45, 2.75) is 0 Å². The van der Waals surface area contributed by atoms with Crippen LogP contribution in [-0.4, -0.2) is 26.7 Å². The fraction of sp³-hybridized carbons (Fsp3) is 0.200. The minimum Gasteiger partial charge on any atom is -0.357 e. The SMILES string of the molecule is CNc1nnc(-c2ccc([N+](=O)[O-])cc2)n1C. The average Bonchev–Trinajstić information content (AvgIpc) is 2.70. The summed E-state index contributed by atoms with van der Waals surface area (Å²) in [4.78, 5) is 10.1. The highest BCUT2D eigenvalue weighted by Gasteiger charge is 2.11. The Morgan fingerprint density at radius 2 is 1.94 bits per heavy atom. The van der Waals surface area contributed by atoms with E-state index < -0.39 is 4.92 Å². The van der Waals surface area contributed by atoms with Crippen LogP contribution in [0.2, 0.25) is 0 Å². The van der Waals surface area contributed by atoms with Gasteiger partial charge in [0.1, 0.15) is 0 Å². The van der Waals surface area contributed by atoms with Gasteiger partial charge >= 0.3 is 0 Å². The molecule has 0 atom stereocenters. The molecule has 0 spiro atoms. The molecule has 0 saturated carbocycles. The van der Waals surface area contributed by atoms with Crippen LogP contribution in [0.15, 0.2) is 24.3 Å². The molecular formula is C10H11N5O2. The van der Waals surface area contributed by atoms with Crippen LogP contribution >= 0.6 is 0 Å². The molecule has 0 saturated heterocycles. The van der Waals surface area contributed by atoms with Crippen molar-refractivity contribution in [3.63, 3.8) is 0 Å². The lowest BCUT2D eigenvalue weighted by Crippen LogP contribution is -1.99. The van der Waals surface area contributed by atoms with E-state index in [9.17, 15) is 10.1 Å². The van der Waals surface area contributed by atoms with Crippen LogP contribution in [0.5, 0.6) is 0 Å². The molecule has 0 unspecified atom stereocenters. The van der Waals surface area contributed by atoms with E-state index in [-0.39, 0.29) is 5.69 Å². The van der Waals surface area contributed by atoms with Gasteiger partial charge in [0.2, 0.25) is 5.95 Å². The lowest BCUT2D eigenvalue weighted by molar-refractivity contribution is -0.384. The minimum absolute atomic E-state index is 0.0600. The molecule has 0 fully saturated rings. The first kappa shape index (κ1) is 11.1. The van der Waals surface area contributed by atoms with Crippen molar-refractivity contribution in [2.75, 3.05) is 12.4 Å². The second kappa shape index (κ2) is 4.20. The molecule has 0 aliphatic rings. The molecule has 0 radical (unpaired) electrons. The first-order chi connectivity index (χ1) is 8.13. The zero-order valence-electron chi connectivity index (χ0n) is 9.41. The van der Waals surface area contributed by atoms with Gasteiger partial charge in [0.05, 0.1) is 4.92 Å². The number of nitro benzene ring substituents is 1. The fourth-order valence-corrected chi connectivity index (χ4v) is 1.53. The van der Waals surface area contributed by atoms with Crippen LogP contribution < -0.4 is 5.32 Å². The Labute approximate surface area is 97.2 Å². The number of hydrogen-bond acceptors (Lipinski definition) is 5. The van der Waals surface area contributed by atoms with Gasteiger partial charge < -0.3 is 5.32 Å². The number of nitrogens with zero attached hydrogens (tertiary/aromatic N) is 4. The molecule has 7 nitrogen and oxygen atoms in total.